The van der Waals surface area contributed by atoms with E-state index in [4.69, 9.17) is 0 Å². The fourth-order valence-corrected chi connectivity index (χ4v) is 0.728. The van der Waals surface area contributed by atoms with Gasteiger partial charge in [-0.05, 0) is 0 Å². The third-order valence-corrected chi connectivity index (χ3v) is 1.45. The summed E-state index contributed by atoms with van der Waals surface area (Å²) >= 11 is 0. The van der Waals surface area contributed by atoms with Gasteiger partial charge in [0.05, 0.1) is 0 Å². The number of unbranched alkanes of at least 4 members (excludes halogenated alkanes) is 2. The van der Waals surface area contributed by atoms with Gasteiger partial charge >= 0.3 is 17.1 Å². The molecule has 0 amide bonds. The maximum atomic E-state index is 3.72. The van der Waals surface area contributed by atoms with Crippen LogP contribution in [0.2, 0.25) is 0 Å². The van der Waals surface area contributed by atoms with E-state index in [1.165, 1.54) is 12.8 Å². The first-order chi connectivity index (χ1) is 5.81. The summed E-state index contributed by atoms with van der Waals surface area (Å²) in [5.74, 6) is 0. The van der Waals surface area contributed by atoms with Crippen LogP contribution in [0.3, 0.4) is 0 Å². The molecule has 0 saturated heterocycles. The van der Waals surface area contributed by atoms with Crippen molar-refractivity contribution >= 4 is 0 Å². The fourth-order valence-electron chi connectivity index (χ4n) is 0.728. The van der Waals surface area contributed by atoms with Gasteiger partial charge in [0.25, 0.3) is 0 Å². The van der Waals surface area contributed by atoms with E-state index in [1.54, 1.807) is 0 Å². The van der Waals surface area contributed by atoms with Gasteiger partial charge in [-0.2, -0.15) is 31.0 Å². The zero-order valence-corrected chi connectivity index (χ0v) is 9.38. The number of benzene rings is 1. The Kier molecular flexibility index (Phi) is 13.5. The van der Waals surface area contributed by atoms with E-state index in [9.17, 15) is 0 Å². The van der Waals surface area contributed by atoms with Crippen LogP contribution >= 0.6 is 0 Å². The summed E-state index contributed by atoms with van der Waals surface area (Å²) in [7, 11) is 0. The normalized spacial score (nSPS) is 7.85. The first-order valence-electron chi connectivity index (χ1n) is 4.47. The van der Waals surface area contributed by atoms with Crippen LogP contribution in [0, 0.1) is 13.8 Å². The molecule has 1 heteroatoms. The van der Waals surface area contributed by atoms with E-state index in [0.717, 1.165) is 12.0 Å². The Morgan fingerprint density at radius 3 is 1.85 bits per heavy atom. The molecular formula is C12H18Fe. The molecule has 0 bridgehead atoms. The summed E-state index contributed by atoms with van der Waals surface area (Å²) in [6.45, 7) is 9.57. The Hall–Kier alpha value is -0.391. The summed E-state index contributed by atoms with van der Waals surface area (Å²) < 4.78 is 0. The van der Waals surface area contributed by atoms with E-state index in [0.29, 0.717) is 0 Å². The largest absolute Gasteiger partial charge is 2.00 e. The van der Waals surface area contributed by atoms with Crippen LogP contribution in [0.1, 0.15) is 31.7 Å². The summed E-state index contributed by atoms with van der Waals surface area (Å²) in [5, 5.41) is 0. The van der Waals surface area contributed by atoms with Crippen LogP contribution in [-0.4, -0.2) is 0 Å². The first-order valence-corrected chi connectivity index (χ1v) is 4.47. The zero-order valence-electron chi connectivity index (χ0n) is 8.28. The zero-order chi connectivity index (χ0) is 9.23. The molecular weight excluding hydrogens is 200 g/mol. The Balaban J connectivity index is 0. The molecule has 0 saturated carbocycles. The van der Waals surface area contributed by atoms with Gasteiger partial charge in [0.15, 0.2) is 0 Å². The second-order valence-corrected chi connectivity index (χ2v) is 2.69. The van der Waals surface area contributed by atoms with Crippen molar-refractivity contribution in [1.82, 2.24) is 0 Å². The van der Waals surface area contributed by atoms with Crippen LogP contribution in [0.25, 0.3) is 0 Å². The molecule has 0 radical (unpaired) electrons. The summed E-state index contributed by atoms with van der Waals surface area (Å²) in [4.78, 5) is 0. The van der Waals surface area contributed by atoms with Gasteiger partial charge in [-0.25, -0.2) is 0 Å². The number of hydrogen-bond donors (Lipinski definition) is 0. The molecule has 0 fully saturated rings. The van der Waals surface area contributed by atoms with Crippen molar-refractivity contribution in [2.75, 3.05) is 0 Å². The fraction of sp³-hybridized carbons (Fsp3) is 0.333. The Bertz CT molecular complexity index is 168. The molecule has 0 aliphatic heterocycles. The van der Waals surface area contributed by atoms with E-state index >= 15 is 0 Å². The van der Waals surface area contributed by atoms with Gasteiger partial charge in [-0.15, -0.1) is 12.1 Å². The van der Waals surface area contributed by atoms with Crippen molar-refractivity contribution < 1.29 is 17.1 Å². The monoisotopic (exact) mass is 218 g/mol. The van der Waals surface area contributed by atoms with E-state index < -0.39 is 0 Å². The smallest absolute Gasteiger partial charge is 0.343 e. The van der Waals surface area contributed by atoms with Crippen LogP contribution in [0.15, 0.2) is 30.3 Å². The Morgan fingerprint density at radius 1 is 1.15 bits per heavy atom. The number of hydrogen-bond acceptors (Lipinski definition) is 0. The van der Waals surface area contributed by atoms with Crippen molar-refractivity contribution in [2.24, 2.45) is 0 Å². The van der Waals surface area contributed by atoms with Gasteiger partial charge in [0.1, 0.15) is 0 Å². The molecule has 13 heavy (non-hydrogen) atoms. The molecule has 0 heterocycles. The Labute approximate surface area is 93.2 Å². The third kappa shape index (κ3) is 11.6. The predicted octanol–water partition coefficient (Wildman–Crippen LogP) is 3.88. The SMILES string of the molecule is [CH2-]CCCC.[CH2-]c1ccccc1.[Fe+2]. The third-order valence-electron chi connectivity index (χ3n) is 1.45. The number of rotatable bonds is 2. The van der Waals surface area contributed by atoms with Crippen molar-refractivity contribution in [2.45, 2.75) is 26.2 Å². The molecule has 0 unspecified atom stereocenters. The van der Waals surface area contributed by atoms with Crippen LogP contribution in [0.5, 0.6) is 0 Å². The van der Waals surface area contributed by atoms with Crippen molar-refractivity contribution in [3.05, 3.63) is 49.7 Å². The van der Waals surface area contributed by atoms with Crippen molar-refractivity contribution in [3.63, 3.8) is 0 Å². The quantitative estimate of drug-likeness (QED) is 0.522. The van der Waals surface area contributed by atoms with E-state index in [1.807, 2.05) is 30.3 Å². The van der Waals surface area contributed by atoms with Crippen molar-refractivity contribution in [1.29, 1.82) is 0 Å². The predicted molar refractivity (Wildman–Crippen MR) is 55.8 cm³/mol. The molecule has 1 rings (SSSR count). The molecule has 0 N–H and O–H groups in total. The average Bonchev–Trinajstić information content (AvgIpc) is 2.08. The second kappa shape index (κ2) is 11.6. The summed E-state index contributed by atoms with van der Waals surface area (Å²) in [6, 6.07) is 9.87. The standard InChI is InChI=1S/C7H7.C5H11.Fe/c1-7-5-3-2-4-6-7;1-3-5-4-2;/h2-6H,1H2;1,3-5H2,2H3;/q2*-1;+2. The maximum Gasteiger partial charge on any atom is 2.00 e. The summed E-state index contributed by atoms with van der Waals surface area (Å²) in [5.41, 5.74) is 1.07. The molecule has 0 nitrogen and oxygen atoms in total. The second-order valence-electron chi connectivity index (χ2n) is 2.69. The van der Waals surface area contributed by atoms with E-state index in [-0.39, 0.29) is 17.1 Å². The van der Waals surface area contributed by atoms with Gasteiger partial charge in [0, 0.05) is 0 Å². The van der Waals surface area contributed by atoms with Crippen molar-refractivity contribution in [3.8, 4) is 0 Å². The van der Waals surface area contributed by atoms with Gasteiger partial charge < -0.3 is 6.92 Å². The summed E-state index contributed by atoms with van der Waals surface area (Å²) in [6.07, 6.45) is 3.65. The molecule has 0 spiro atoms. The molecule has 0 aliphatic rings. The van der Waals surface area contributed by atoms with Crippen LogP contribution in [0.4, 0.5) is 0 Å². The van der Waals surface area contributed by atoms with Crippen LogP contribution in [-0.2, 0) is 17.1 Å². The molecule has 0 aliphatic carbocycles. The van der Waals surface area contributed by atoms with Crippen LogP contribution < -0.4 is 0 Å². The molecule has 1 aromatic carbocycles. The Morgan fingerprint density at radius 2 is 1.69 bits per heavy atom. The minimum absolute atomic E-state index is 0. The molecule has 0 atom stereocenters. The van der Waals surface area contributed by atoms with E-state index in [2.05, 4.69) is 20.8 Å². The minimum Gasteiger partial charge on any atom is -0.343 e. The first kappa shape index (κ1) is 15.1. The maximum absolute atomic E-state index is 3.72. The average molecular weight is 218 g/mol. The van der Waals surface area contributed by atoms with Gasteiger partial charge in [-0.3, -0.25) is 0 Å². The minimum atomic E-state index is 0. The topological polar surface area (TPSA) is 0 Å². The molecule has 74 valence electrons. The van der Waals surface area contributed by atoms with Gasteiger partial charge in [-0.1, -0.05) is 25.8 Å². The van der Waals surface area contributed by atoms with Gasteiger partial charge in [0.2, 0.25) is 0 Å². The molecule has 0 aromatic heterocycles. The molecule has 1 aromatic rings.